The number of fused-ring (bicyclic) bond motifs is 1. The summed E-state index contributed by atoms with van der Waals surface area (Å²) in [5.74, 6) is -1.95. The molecule has 6 atom stereocenters. The number of nitrogens with zero attached hydrogens (tertiary/aromatic N) is 2. The summed E-state index contributed by atoms with van der Waals surface area (Å²) in [5.41, 5.74) is 0.985. The van der Waals surface area contributed by atoms with E-state index in [4.69, 9.17) is 4.74 Å². The van der Waals surface area contributed by atoms with Crippen LogP contribution in [0.3, 0.4) is 0 Å². The highest BCUT2D eigenvalue weighted by Gasteiger charge is 2.74. The number of amides is 2. The highest BCUT2D eigenvalue weighted by Crippen LogP contribution is 2.67. The molecule has 8 heteroatoms. The van der Waals surface area contributed by atoms with E-state index in [-0.39, 0.29) is 36.2 Å². The zero-order valence-electron chi connectivity index (χ0n) is 20.9. The van der Waals surface area contributed by atoms with E-state index in [0.717, 1.165) is 12.0 Å². The molecule has 2 unspecified atom stereocenters. The maximum atomic E-state index is 14.3. The molecule has 3 heterocycles. The molecule has 3 aliphatic rings. The molecule has 1 N–H and O–H groups in total. The van der Waals surface area contributed by atoms with E-state index in [2.05, 4.69) is 13.2 Å². The minimum Gasteiger partial charge on any atom is -0.465 e. The van der Waals surface area contributed by atoms with Crippen molar-refractivity contribution in [2.45, 2.75) is 61.2 Å². The lowest BCUT2D eigenvalue weighted by molar-refractivity contribution is -0.154. The van der Waals surface area contributed by atoms with E-state index in [1.165, 1.54) is 0 Å². The quantitative estimate of drug-likeness (QED) is 0.263. The summed E-state index contributed by atoms with van der Waals surface area (Å²) in [5, 5.41) is 10.1. The monoisotopic (exact) mass is 512 g/mol. The van der Waals surface area contributed by atoms with E-state index in [1.807, 2.05) is 37.3 Å². The van der Waals surface area contributed by atoms with Crippen LogP contribution < -0.4 is 0 Å². The van der Waals surface area contributed by atoms with Crippen molar-refractivity contribution in [3.8, 4) is 0 Å². The maximum absolute atomic E-state index is 14.3. The number of likely N-dealkylation sites (tertiary alicyclic amines) is 1. The summed E-state index contributed by atoms with van der Waals surface area (Å²) in [6.45, 7) is 10.1. The minimum atomic E-state index is -0.753. The topological polar surface area (TPSA) is 87.2 Å². The average Bonchev–Trinajstić information content (AvgIpc) is 3.53. The number of hydrogen-bond acceptors (Lipinski definition) is 6. The lowest BCUT2D eigenvalue weighted by Gasteiger charge is -2.39. The van der Waals surface area contributed by atoms with Crippen LogP contribution in [0.2, 0.25) is 0 Å². The summed E-state index contributed by atoms with van der Waals surface area (Å²) in [4.78, 5) is 44.8. The SMILES string of the molecule is C=CCCOC(=O)[C@@H]1[C@@H]2CCC3(S2)C(C(=O)N(CC=C)Cc2ccccc2)N([C@@H](CC)CO)C(=O)[C@H]13. The van der Waals surface area contributed by atoms with Crippen LogP contribution in [-0.2, 0) is 25.7 Å². The van der Waals surface area contributed by atoms with Gasteiger partial charge in [0.1, 0.15) is 6.04 Å². The largest absolute Gasteiger partial charge is 0.465 e. The number of thioether (sulfide) groups is 1. The Kier molecular flexibility index (Phi) is 8.25. The normalized spacial score (nSPS) is 29.1. The highest BCUT2D eigenvalue weighted by molar-refractivity contribution is 8.02. The van der Waals surface area contributed by atoms with Gasteiger partial charge in [0.15, 0.2) is 0 Å². The van der Waals surface area contributed by atoms with Gasteiger partial charge in [-0.2, -0.15) is 0 Å². The Hall–Kier alpha value is -2.58. The molecule has 36 heavy (non-hydrogen) atoms. The summed E-state index contributed by atoms with van der Waals surface area (Å²) >= 11 is 1.61. The van der Waals surface area contributed by atoms with Crippen molar-refractivity contribution in [1.82, 2.24) is 9.80 Å². The first kappa shape index (κ1) is 26.5. The van der Waals surface area contributed by atoms with Crippen LogP contribution in [0.1, 0.15) is 38.2 Å². The Morgan fingerprint density at radius 3 is 2.69 bits per heavy atom. The molecule has 0 aromatic heterocycles. The molecule has 1 spiro atoms. The third-order valence-electron chi connectivity index (χ3n) is 7.76. The van der Waals surface area contributed by atoms with Gasteiger partial charge in [0.2, 0.25) is 11.8 Å². The second kappa shape index (κ2) is 11.2. The fourth-order valence-corrected chi connectivity index (χ4v) is 8.34. The Labute approximate surface area is 217 Å². The predicted octanol–water partition coefficient (Wildman–Crippen LogP) is 3.18. The summed E-state index contributed by atoms with van der Waals surface area (Å²) in [6, 6.07) is 8.48. The number of aliphatic hydroxyl groups is 1. The van der Waals surface area contributed by atoms with Gasteiger partial charge in [0, 0.05) is 18.3 Å². The number of carbonyl (C=O) groups is 3. The minimum absolute atomic E-state index is 0.0520. The lowest BCUT2D eigenvalue weighted by Crippen LogP contribution is -2.57. The van der Waals surface area contributed by atoms with Crippen LogP contribution in [0.4, 0.5) is 0 Å². The Morgan fingerprint density at radius 1 is 1.31 bits per heavy atom. The number of rotatable bonds is 12. The van der Waals surface area contributed by atoms with Gasteiger partial charge in [-0.25, -0.2) is 0 Å². The van der Waals surface area contributed by atoms with Crippen molar-refractivity contribution in [2.24, 2.45) is 11.8 Å². The van der Waals surface area contributed by atoms with Crippen LogP contribution >= 0.6 is 11.8 Å². The van der Waals surface area contributed by atoms with Gasteiger partial charge in [-0.05, 0) is 31.2 Å². The van der Waals surface area contributed by atoms with Crippen LogP contribution in [0.15, 0.2) is 55.6 Å². The molecular weight excluding hydrogens is 476 g/mol. The van der Waals surface area contributed by atoms with Crippen molar-refractivity contribution in [2.75, 3.05) is 19.8 Å². The first-order chi connectivity index (χ1) is 17.4. The van der Waals surface area contributed by atoms with Gasteiger partial charge in [0.05, 0.1) is 35.8 Å². The van der Waals surface area contributed by atoms with Crippen LogP contribution in [0, 0.1) is 11.8 Å². The van der Waals surface area contributed by atoms with E-state index in [9.17, 15) is 19.5 Å². The molecule has 2 amide bonds. The Balaban J connectivity index is 1.71. The number of aliphatic hydroxyl groups excluding tert-OH is 1. The molecule has 1 aromatic rings. The zero-order chi connectivity index (χ0) is 25.9. The van der Waals surface area contributed by atoms with Gasteiger partial charge < -0.3 is 19.6 Å². The van der Waals surface area contributed by atoms with Crippen molar-refractivity contribution >= 4 is 29.5 Å². The molecule has 4 rings (SSSR count). The second-order valence-corrected chi connectivity index (χ2v) is 11.4. The third-order valence-corrected chi connectivity index (χ3v) is 9.72. The highest BCUT2D eigenvalue weighted by atomic mass is 32.2. The fourth-order valence-electron chi connectivity index (χ4n) is 6.15. The second-order valence-electron chi connectivity index (χ2n) is 9.78. The van der Waals surface area contributed by atoms with Crippen LogP contribution in [-0.4, -0.2) is 74.5 Å². The molecule has 0 aliphatic carbocycles. The van der Waals surface area contributed by atoms with Gasteiger partial charge in [0.25, 0.3) is 0 Å². The molecule has 0 saturated carbocycles. The Morgan fingerprint density at radius 2 is 2.06 bits per heavy atom. The molecular formula is C28H36N2O5S. The fraction of sp³-hybridized carbons (Fsp3) is 0.536. The van der Waals surface area contributed by atoms with Crippen LogP contribution in [0.5, 0.6) is 0 Å². The van der Waals surface area contributed by atoms with E-state index in [0.29, 0.717) is 32.4 Å². The zero-order valence-corrected chi connectivity index (χ0v) is 21.7. The van der Waals surface area contributed by atoms with Crippen molar-refractivity contribution in [1.29, 1.82) is 0 Å². The molecule has 194 valence electrons. The maximum Gasteiger partial charge on any atom is 0.310 e. The van der Waals surface area contributed by atoms with Crippen molar-refractivity contribution < 1.29 is 24.2 Å². The van der Waals surface area contributed by atoms with Gasteiger partial charge in [-0.15, -0.1) is 24.9 Å². The first-order valence-electron chi connectivity index (χ1n) is 12.7. The average molecular weight is 513 g/mol. The molecule has 3 fully saturated rings. The Bertz CT molecular complexity index is 997. The number of benzene rings is 1. The standard InChI is InChI=1S/C28H36N2O5S/c1-4-7-16-35-27(34)22-21-13-14-28(36-21)23(22)25(32)30(20(6-3)18-31)24(28)26(33)29(15-5-2)17-19-11-9-8-10-12-19/h4-5,8-12,20-24,31H,1-2,6-7,13-18H2,3H3/t20-,21-,22+,23-,24?,28?/m0/s1. The van der Waals surface area contributed by atoms with E-state index >= 15 is 0 Å². The van der Waals surface area contributed by atoms with E-state index < -0.39 is 28.7 Å². The van der Waals surface area contributed by atoms with Crippen molar-refractivity contribution in [3.63, 3.8) is 0 Å². The molecule has 1 aromatic carbocycles. The molecule has 0 radical (unpaired) electrons. The lowest BCUT2D eigenvalue weighted by atomic mass is 9.71. The van der Waals surface area contributed by atoms with Gasteiger partial charge >= 0.3 is 5.97 Å². The van der Waals surface area contributed by atoms with Gasteiger partial charge in [-0.3, -0.25) is 14.4 Å². The number of esters is 1. The number of hydrogen-bond donors (Lipinski definition) is 1. The summed E-state index contributed by atoms with van der Waals surface area (Å²) < 4.78 is 4.82. The molecule has 3 aliphatic heterocycles. The smallest absolute Gasteiger partial charge is 0.310 e. The number of ether oxygens (including phenoxy) is 1. The first-order valence-corrected chi connectivity index (χ1v) is 13.6. The predicted molar refractivity (Wildman–Crippen MR) is 140 cm³/mol. The van der Waals surface area contributed by atoms with Gasteiger partial charge in [-0.1, -0.05) is 49.4 Å². The summed E-state index contributed by atoms with van der Waals surface area (Å²) in [6.07, 6.45) is 5.87. The van der Waals surface area contributed by atoms with Crippen molar-refractivity contribution in [3.05, 3.63) is 61.2 Å². The number of carbonyl (C=O) groups excluding carboxylic acids is 3. The summed E-state index contributed by atoms with van der Waals surface area (Å²) in [7, 11) is 0. The third kappa shape index (κ3) is 4.50. The van der Waals surface area contributed by atoms with E-state index in [1.54, 1.807) is 33.7 Å². The molecule has 7 nitrogen and oxygen atoms in total. The van der Waals surface area contributed by atoms with Crippen LogP contribution in [0.25, 0.3) is 0 Å². The molecule has 2 bridgehead atoms. The molecule has 3 saturated heterocycles.